The molecule has 1 saturated heterocycles. The second-order valence-electron chi connectivity index (χ2n) is 3.33. The number of aromatic nitrogens is 2. The van der Waals surface area contributed by atoms with Gasteiger partial charge in [0.15, 0.2) is 0 Å². The number of hydrogen-bond acceptors (Lipinski definition) is 5. The first-order chi connectivity index (χ1) is 8.22. The van der Waals surface area contributed by atoms with Crippen molar-refractivity contribution < 1.29 is 0 Å². The molecule has 1 aromatic heterocycles. The molecule has 0 radical (unpaired) electrons. The van der Waals surface area contributed by atoms with Crippen LogP contribution >= 0.6 is 35.3 Å². The van der Waals surface area contributed by atoms with Gasteiger partial charge in [0.2, 0.25) is 0 Å². The maximum Gasteiger partial charge on any atom is 0.325 e. The molecule has 1 fully saturated rings. The molecule has 2 N–H and O–H groups in total. The Bertz CT molecular complexity index is 386. The lowest BCUT2D eigenvalue weighted by Gasteiger charge is -2.05. The van der Waals surface area contributed by atoms with E-state index in [1.807, 2.05) is 6.26 Å². The van der Waals surface area contributed by atoms with Crippen LogP contribution in [0, 0.1) is 0 Å². The molecule has 1 aliphatic rings. The molecule has 0 amide bonds. The van der Waals surface area contributed by atoms with Crippen LogP contribution in [0.15, 0.2) is 15.7 Å². The van der Waals surface area contributed by atoms with E-state index in [9.17, 15) is 9.59 Å². The molecule has 0 saturated carbocycles. The van der Waals surface area contributed by atoms with E-state index in [1.54, 1.807) is 11.8 Å². The lowest BCUT2D eigenvalue weighted by Crippen LogP contribution is -2.22. The Hall–Kier alpha value is -0.270. The van der Waals surface area contributed by atoms with Crippen molar-refractivity contribution >= 4 is 35.3 Å². The number of hydrogen-bond donors (Lipinski definition) is 2. The molecule has 1 aliphatic heterocycles. The van der Waals surface area contributed by atoms with Crippen LogP contribution in [-0.2, 0) is 5.75 Å². The predicted octanol–water partition coefficient (Wildman–Crippen LogP) is 1.74. The van der Waals surface area contributed by atoms with Crippen LogP contribution < -0.4 is 11.2 Å². The molecule has 0 atom stereocenters. The fourth-order valence-electron chi connectivity index (χ4n) is 1.19. The Kier molecular flexibility index (Phi) is 7.63. The van der Waals surface area contributed by atoms with Crippen molar-refractivity contribution in [1.82, 2.24) is 9.97 Å². The van der Waals surface area contributed by atoms with Gasteiger partial charge >= 0.3 is 5.69 Å². The molecule has 4 nitrogen and oxygen atoms in total. The Balaban J connectivity index is 0.000000202. The molecule has 17 heavy (non-hydrogen) atoms. The molecule has 0 bridgehead atoms. The number of aromatic amines is 2. The van der Waals surface area contributed by atoms with Gasteiger partial charge in [-0.25, -0.2) is 4.79 Å². The lowest BCUT2D eigenvalue weighted by molar-refractivity contribution is 0.987. The predicted molar refractivity (Wildman–Crippen MR) is 79.3 cm³/mol. The largest absolute Gasteiger partial charge is 0.325 e. The summed E-state index contributed by atoms with van der Waals surface area (Å²) in [5.41, 5.74) is -0.134. The van der Waals surface area contributed by atoms with E-state index in [2.05, 4.69) is 33.5 Å². The molecule has 7 heteroatoms. The van der Waals surface area contributed by atoms with Crippen molar-refractivity contribution in [3.63, 3.8) is 0 Å². The highest BCUT2D eigenvalue weighted by Crippen LogP contribution is 2.19. The molecule has 96 valence electrons. The van der Waals surface area contributed by atoms with Crippen LogP contribution in [0.4, 0.5) is 0 Å². The molecular weight excluding hydrogens is 276 g/mol. The van der Waals surface area contributed by atoms with Crippen molar-refractivity contribution in [2.75, 3.05) is 22.8 Å². The van der Waals surface area contributed by atoms with Gasteiger partial charge in [-0.15, -0.1) is 0 Å². The first-order valence-electron chi connectivity index (χ1n) is 5.19. The minimum atomic E-state index is -0.443. The molecular formula is C10H16N2O2S3. The summed E-state index contributed by atoms with van der Waals surface area (Å²) in [6.45, 7) is 0. The number of H-pyrrole nitrogens is 2. The Morgan fingerprint density at radius 2 is 2.00 bits per heavy atom. The van der Waals surface area contributed by atoms with Gasteiger partial charge in [0.25, 0.3) is 5.56 Å². The summed E-state index contributed by atoms with van der Waals surface area (Å²) in [5.74, 6) is 3.44. The highest BCUT2D eigenvalue weighted by atomic mass is 32.2. The summed E-state index contributed by atoms with van der Waals surface area (Å²) in [4.78, 5) is 26.0. The molecule has 2 heterocycles. The van der Waals surface area contributed by atoms with Gasteiger partial charge in [-0.3, -0.25) is 9.78 Å². The standard InChI is InChI=1S/C6H8N2O2S.C4H8S2/c1-11-3-4-2-5(9)8-6(10)7-4;1-2-5-4-6-3-1/h2H,3H2,1H3,(H2,7,8,9,10);1-4H2. The minimum Gasteiger partial charge on any atom is -0.310 e. The van der Waals surface area contributed by atoms with Gasteiger partial charge in [-0.1, -0.05) is 0 Å². The van der Waals surface area contributed by atoms with E-state index in [-0.39, 0.29) is 5.56 Å². The van der Waals surface area contributed by atoms with E-state index in [1.165, 1.54) is 29.1 Å². The molecule has 2 rings (SSSR count). The number of thioether (sulfide) groups is 3. The van der Waals surface area contributed by atoms with Gasteiger partial charge < -0.3 is 4.98 Å². The van der Waals surface area contributed by atoms with Gasteiger partial charge in [0.05, 0.1) is 0 Å². The summed E-state index contributed by atoms with van der Waals surface area (Å²) in [5, 5.41) is 1.33. The average molecular weight is 292 g/mol. The van der Waals surface area contributed by atoms with Crippen LogP contribution in [0.1, 0.15) is 12.1 Å². The van der Waals surface area contributed by atoms with Crippen molar-refractivity contribution in [1.29, 1.82) is 0 Å². The van der Waals surface area contributed by atoms with E-state index in [0.717, 1.165) is 0 Å². The van der Waals surface area contributed by atoms with E-state index >= 15 is 0 Å². The van der Waals surface area contributed by atoms with Crippen LogP contribution in [0.25, 0.3) is 0 Å². The van der Waals surface area contributed by atoms with Crippen LogP contribution in [0.2, 0.25) is 0 Å². The van der Waals surface area contributed by atoms with Crippen LogP contribution in [0.5, 0.6) is 0 Å². The molecule has 0 aliphatic carbocycles. The maximum atomic E-state index is 10.7. The Labute approximate surface area is 113 Å². The van der Waals surface area contributed by atoms with Gasteiger partial charge in [-0.2, -0.15) is 35.3 Å². The fourth-order valence-corrected chi connectivity index (χ4v) is 3.95. The zero-order chi connectivity index (χ0) is 12.5. The zero-order valence-corrected chi connectivity index (χ0v) is 12.1. The SMILES string of the molecule is C1CSCSC1.CSCc1cc(=O)[nH]c(=O)[nH]1. The third-order valence-corrected chi connectivity index (χ3v) is 4.95. The first kappa shape index (κ1) is 14.8. The van der Waals surface area contributed by atoms with E-state index in [4.69, 9.17) is 0 Å². The van der Waals surface area contributed by atoms with Crippen molar-refractivity contribution in [2.24, 2.45) is 0 Å². The number of nitrogens with one attached hydrogen (secondary N) is 2. The fraction of sp³-hybridized carbons (Fsp3) is 0.600. The minimum absolute atomic E-state index is 0.349. The average Bonchev–Trinajstić information content (AvgIpc) is 2.31. The highest BCUT2D eigenvalue weighted by molar-refractivity contribution is 8.16. The summed E-state index contributed by atoms with van der Waals surface area (Å²) >= 11 is 5.66. The molecule has 1 aromatic rings. The summed E-state index contributed by atoms with van der Waals surface area (Å²) in [6, 6.07) is 1.39. The van der Waals surface area contributed by atoms with Gasteiger partial charge in [-0.05, 0) is 24.2 Å². The summed E-state index contributed by atoms with van der Waals surface area (Å²) < 4.78 is 0. The summed E-state index contributed by atoms with van der Waals surface area (Å²) in [6.07, 6.45) is 3.33. The monoisotopic (exact) mass is 292 g/mol. The first-order valence-corrected chi connectivity index (χ1v) is 8.89. The molecule has 0 aromatic carbocycles. The van der Waals surface area contributed by atoms with Crippen molar-refractivity contribution in [3.05, 3.63) is 32.6 Å². The highest BCUT2D eigenvalue weighted by Gasteiger charge is 1.96. The van der Waals surface area contributed by atoms with Crippen LogP contribution in [0.3, 0.4) is 0 Å². The second-order valence-corrected chi connectivity index (χ2v) is 6.78. The van der Waals surface area contributed by atoms with E-state index in [0.29, 0.717) is 11.4 Å². The Morgan fingerprint density at radius 3 is 2.41 bits per heavy atom. The lowest BCUT2D eigenvalue weighted by atomic mass is 10.5. The quantitative estimate of drug-likeness (QED) is 0.869. The third-order valence-electron chi connectivity index (χ3n) is 1.86. The summed E-state index contributed by atoms with van der Waals surface area (Å²) in [7, 11) is 0. The van der Waals surface area contributed by atoms with E-state index < -0.39 is 5.69 Å². The van der Waals surface area contributed by atoms with Gasteiger partial charge in [0.1, 0.15) is 0 Å². The number of rotatable bonds is 2. The normalized spacial score (nSPS) is 14.9. The molecule has 0 spiro atoms. The van der Waals surface area contributed by atoms with Gasteiger partial charge in [0, 0.05) is 22.6 Å². The van der Waals surface area contributed by atoms with Crippen molar-refractivity contribution in [3.8, 4) is 0 Å². The topological polar surface area (TPSA) is 65.7 Å². The van der Waals surface area contributed by atoms with Crippen LogP contribution in [-0.4, -0.2) is 32.8 Å². The Morgan fingerprint density at radius 1 is 1.29 bits per heavy atom. The molecule has 0 unspecified atom stereocenters. The third kappa shape index (κ3) is 6.90. The van der Waals surface area contributed by atoms with Crippen molar-refractivity contribution in [2.45, 2.75) is 12.2 Å². The zero-order valence-electron chi connectivity index (χ0n) is 9.65. The maximum absolute atomic E-state index is 10.7. The smallest absolute Gasteiger partial charge is 0.310 e. The second kappa shape index (κ2) is 8.77.